The molecular weight excluding hydrogens is 418 g/mol. The molecule has 1 N–H and O–H groups in total. The number of ether oxygens (including phenoxy) is 1. The molecule has 2 aliphatic heterocycles. The van der Waals surface area contributed by atoms with Crippen LogP contribution in [0, 0.1) is 11.8 Å². The van der Waals surface area contributed by atoms with E-state index in [4.69, 9.17) is 4.74 Å². The summed E-state index contributed by atoms with van der Waals surface area (Å²) in [5.74, 6) is -2.70. The second-order valence-corrected chi connectivity index (χ2v) is 11.5. The van der Waals surface area contributed by atoms with Gasteiger partial charge in [-0.2, -0.15) is 0 Å². The fourth-order valence-corrected chi connectivity index (χ4v) is 7.22. The third-order valence-electron chi connectivity index (χ3n) is 7.99. The van der Waals surface area contributed by atoms with Crippen molar-refractivity contribution in [2.45, 2.75) is 88.8 Å². The second-order valence-electron chi connectivity index (χ2n) is 10.3. The smallest absolute Gasteiger partial charge is 0.249 e. The molecule has 4 nitrogen and oxygen atoms in total. The molecule has 3 fully saturated rings. The number of carbonyl (C=O) groups is 1. The van der Waals surface area contributed by atoms with Gasteiger partial charge in [0.15, 0.2) is 0 Å². The Morgan fingerprint density at radius 2 is 2.10 bits per heavy atom. The van der Waals surface area contributed by atoms with Crippen molar-refractivity contribution in [1.29, 1.82) is 0 Å². The minimum atomic E-state index is -2.63. The quantitative estimate of drug-likeness (QED) is 0.715. The van der Waals surface area contributed by atoms with Crippen molar-refractivity contribution < 1.29 is 18.3 Å². The van der Waals surface area contributed by atoms with E-state index in [0.717, 1.165) is 58.2 Å². The lowest BCUT2D eigenvalue weighted by molar-refractivity contribution is -0.151. The molecule has 1 saturated heterocycles. The molecule has 172 valence electrons. The minimum Gasteiger partial charge on any atom is -0.370 e. The number of halogens is 2. The first-order valence-corrected chi connectivity index (χ1v) is 12.8. The zero-order valence-electron chi connectivity index (χ0n) is 18.6. The fraction of sp³-hybridized carbons (Fsp3) is 0.792. The highest BCUT2D eigenvalue weighted by Gasteiger charge is 2.49. The molecule has 1 spiro atoms. The van der Waals surface area contributed by atoms with Gasteiger partial charge in [0.1, 0.15) is 0 Å². The molecule has 7 heteroatoms. The van der Waals surface area contributed by atoms with Crippen molar-refractivity contribution in [3.63, 3.8) is 0 Å². The van der Waals surface area contributed by atoms with Gasteiger partial charge in [0.05, 0.1) is 12.2 Å². The normalized spacial score (nSPS) is 35.3. The van der Waals surface area contributed by atoms with E-state index in [1.54, 1.807) is 0 Å². The number of thiophene rings is 1. The molecule has 0 radical (unpaired) electrons. The Kier molecular flexibility index (Phi) is 5.67. The Labute approximate surface area is 187 Å². The second kappa shape index (κ2) is 8.07. The standard InChI is InChI=1S/C24H34F2N2O2S/c1-3-19-10-20-21(31-19)4-7-30-23(20)5-6-28(15(2)11-23)14-16-8-18(9-16)27-22(29)17-12-24(25,26)13-17/h10,15-18H,3-9,11-14H2,1-2H3,(H,27,29)/t15-,16?,18?,23+/m0/s1. The number of piperidine rings is 1. The van der Waals surface area contributed by atoms with Crippen LogP contribution in [0.15, 0.2) is 6.07 Å². The van der Waals surface area contributed by atoms with Gasteiger partial charge in [-0.3, -0.25) is 4.79 Å². The van der Waals surface area contributed by atoms with Crippen LogP contribution in [0.2, 0.25) is 0 Å². The highest BCUT2D eigenvalue weighted by molar-refractivity contribution is 7.12. The van der Waals surface area contributed by atoms with Gasteiger partial charge in [-0.15, -0.1) is 11.3 Å². The lowest BCUT2D eigenvalue weighted by Crippen LogP contribution is -2.55. The summed E-state index contributed by atoms with van der Waals surface area (Å²) in [4.78, 5) is 17.7. The molecule has 0 unspecified atom stereocenters. The number of hydrogen-bond acceptors (Lipinski definition) is 4. The maximum Gasteiger partial charge on any atom is 0.249 e. The van der Waals surface area contributed by atoms with Gasteiger partial charge < -0.3 is 15.0 Å². The fourth-order valence-electron chi connectivity index (χ4n) is 6.05. The van der Waals surface area contributed by atoms with Crippen LogP contribution in [0.3, 0.4) is 0 Å². The highest BCUT2D eigenvalue weighted by atomic mass is 32.1. The first-order chi connectivity index (χ1) is 14.8. The van der Waals surface area contributed by atoms with E-state index < -0.39 is 11.8 Å². The zero-order valence-corrected chi connectivity index (χ0v) is 19.4. The number of rotatable bonds is 5. The van der Waals surface area contributed by atoms with Gasteiger partial charge in [-0.25, -0.2) is 8.78 Å². The van der Waals surface area contributed by atoms with Crippen LogP contribution in [-0.4, -0.2) is 48.5 Å². The highest BCUT2D eigenvalue weighted by Crippen LogP contribution is 2.47. The number of nitrogens with zero attached hydrogens (tertiary/aromatic N) is 1. The number of hydrogen-bond donors (Lipinski definition) is 1. The van der Waals surface area contributed by atoms with Crippen molar-refractivity contribution in [2.75, 3.05) is 19.7 Å². The Morgan fingerprint density at radius 3 is 2.77 bits per heavy atom. The summed E-state index contributed by atoms with van der Waals surface area (Å²) in [6, 6.07) is 3.04. The van der Waals surface area contributed by atoms with Crippen LogP contribution < -0.4 is 5.32 Å². The molecular formula is C24H34F2N2O2S. The van der Waals surface area contributed by atoms with Gasteiger partial charge in [0.25, 0.3) is 0 Å². The first kappa shape index (κ1) is 21.8. The minimum absolute atomic E-state index is 0.103. The molecule has 31 heavy (non-hydrogen) atoms. The predicted molar refractivity (Wildman–Crippen MR) is 118 cm³/mol. The molecule has 1 aromatic heterocycles. The number of carbonyl (C=O) groups excluding carboxylic acids is 1. The first-order valence-electron chi connectivity index (χ1n) is 12.0. The van der Waals surface area contributed by atoms with E-state index in [1.807, 2.05) is 11.3 Å². The van der Waals surface area contributed by atoms with Crippen molar-refractivity contribution in [2.24, 2.45) is 11.8 Å². The van der Waals surface area contributed by atoms with Crippen LogP contribution in [0.25, 0.3) is 0 Å². The predicted octanol–water partition coefficient (Wildman–Crippen LogP) is 4.50. The summed E-state index contributed by atoms with van der Waals surface area (Å²) < 4.78 is 32.4. The van der Waals surface area contributed by atoms with Gasteiger partial charge in [0.2, 0.25) is 11.8 Å². The molecule has 5 rings (SSSR count). The SMILES string of the molecule is CCc1cc2c(s1)CCO[C@@]21CCN(CC2CC(NC(=O)C3CC(F)(F)C3)C2)[C@@H](C)C1. The van der Waals surface area contributed by atoms with Crippen molar-refractivity contribution in [3.8, 4) is 0 Å². The van der Waals surface area contributed by atoms with Gasteiger partial charge in [-0.1, -0.05) is 6.92 Å². The molecule has 3 heterocycles. The van der Waals surface area contributed by atoms with Gasteiger partial charge in [0, 0.05) is 60.1 Å². The van der Waals surface area contributed by atoms with E-state index in [0.29, 0.717) is 12.0 Å². The average Bonchev–Trinajstić information content (AvgIpc) is 3.11. The number of alkyl halides is 2. The van der Waals surface area contributed by atoms with E-state index >= 15 is 0 Å². The molecule has 1 amide bonds. The molecule has 2 saturated carbocycles. The summed E-state index contributed by atoms with van der Waals surface area (Å²) in [5, 5.41) is 2.99. The summed E-state index contributed by atoms with van der Waals surface area (Å²) in [6.45, 7) is 7.48. The van der Waals surface area contributed by atoms with E-state index in [9.17, 15) is 13.6 Å². The van der Waals surface area contributed by atoms with Crippen molar-refractivity contribution in [3.05, 3.63) is 21.4 Å². The largest absolute Gasteiger partial charge is 0.370 e. The number of fused-ring (bicyclic) bond motifs is 2. The zero-order chi connectivity index (χ0) is 21.8. The molecule has 4 aliphatic rings. The maximum absolute atomic E-state index is 13.0. The monoisotopic (exact) mass is 452 g/mol. The number of nitrogens with one attached hydrogen (secondary N) is 1. The van der Waals surface area contributed by atoms with E-state index in [1.165, 1.54) is 15.3 Å². The lowest BCUT2D eigenvalue weighted by Gasteiger charge is -2.49. The van der Waals surface area contributed by atoms with Gasteiger partial charge in [-0.05, 0) is 56.6 Å². The number of amides is 1. The summed E-state index contributed by atoms with van der Waals surface area (Å²) in [5.41, 5.74) is 1.36. The van der Waals surface area contributed by atoms with Crippen LogP contribution in [0.4, 0.5) is 8.78 Å². The lowest BCUT2D eigenvalue weighted by atomic mass is 9.76. The van der Waals surface area contributed by atoms with E-state index in [2.05, 4.69) is 30.1 Å². The molecule has 2 atom stereocenters. The van der Waals surface area contributed by atoms with Crippen molar-refractivity contribution >= 4 is 17.2 Å². The van der Waals surface area contributed by atoms with Gasteiger partial charge >= 0.3 is 0 Å². The Morgan fingerprint density at radius 1 is 1.32 bits per heavy atom. The third-order valence-corrected chi connectivity index (χ3v) is 9.33. The van der Waals surface area contributed by atoms with Crippen LogP contribution in [0.5, 0.6) is 0 Å². The molecule has 0 bridgehead atoms. The summed E-state index contributed by atoms with van der Waals surface area (Å²) >= 11 is 1.97. The number of likely N-dealkylation sites (tertiary alicyclic amines) is 1. The van der Waals surface area contributed by atoms with E-state index in [-0.39, 0.29) is 30.4 Å². The molecule has 2 aliphatic carbocycles. The topological polar surface area (TPSA) is 41.6 Å². The third kappa shape index (κ3) is 4.18. The molecule has 1 aromatic rings. The Hall–Kier alpha value is -1.05. The van der Waals surface area contributed by atoms with Crippen LogP contribution >= 0.6 is 11.3 Å². The summed E-state index contributed by atoms with van der Waals surface area (Å²) in [6.07, 6.45) is 5.61. The Balaban J connectivity index is 1.11. The Bertz CT molecular complexity index is 830. The summed E-state index contributed by atoms with van der Waals surface area (Å²) in [7, 11) is 0. The maximum atomic E-state index is 13.0. The number of aryl methyl sites for hydroxylation is 1. The van der Waals surface area contributed by atoms with Crippen molar-refractivity contribution in [1.82, 2.24) is 10.2 Å². The van der Waals surface area contributed by atoms with Crippen LogP contribution in [-0.2, 0) is 28.0 Å². The molecule has 0 aromatic carbocycles. The average molecular weight is 453 g/mol. The van der Waals surface area contributed by atoms with Crippen LogP contribution in [0.1, 0.15) is 67.7 Å².